The zero-order valence-corrected chi connectivity index (χ0v) is 12.8. The maximum Gasteiger partial charge on any atom is 0.139 e. The van der Waals surface area contributed by atoms with Crippen molar-refractivity contribution in [3.05, 3.63) is 42.1 Å². The van der Waals surface area contributed by atoms with Crippen LogP contribution in [0.3, 0.4) is 0 Å². The van der Waals surface area contributed by atoms with Gasteiger partial charge in [-0.25, -0.2) is 0 Å². The van der Waals surface area contributed by atoms with E-state index >= 15 is 0 Å². The summed E-state index contributed by atoms with van der Waals surface area (Å²) in [5.41, 5.74) is 1.96. The van der Waals surface area contributed by atoms with Gasteiger partial charge in [-0.1, -0.05) is 19.1 Å². The largest absolute Gasteiger partial charge is 0.508 e. The van der Waals surface area contributed by atoms with E-state index in [1.807, 2.05) is 0 Å². The number of hydrogen-bond donors (Lipinski definition) is 2. The van der Waals surface area contributed by atoms with Gasteiger partial charge in [-0.05, 0) is 31.6 Å². The van der Waals surface area contributed by atoms with E-state index in [1.165, 1.54) is 11.8 Å². The van der Waals surface area contributed by atoms with Crippen LogP contribution < -0.4 is 4.90 Å². The number of hydrogen-bond acceptors (Lipinski definition) is 4. The van der Waals surface area contributed by atoms with Crippen LogP contribution in [-0.4, -0.2) is 41.3 Å². The molecule has 0 bridgehead atoms. The molecule has 21 heavy (non-hydrogen) atoms. The van der Waals surface area contributed by atoms with Crippen LogP contribution >= 0.6 is 0 Å². The van der Waals surface area contributed by atoms with Crippen molar-refractivity contribution in [3.63, 3.8) is 0 Å². The minimum Gasteiger partial charge on any atom is -0.508 e. The lowest BCUT2D eigenvalue weighted by Crippen LogP contribution is -2.45. The molecule has 1 aliphatic rings. The zero-order valence-electron chi connectivity index (χ0n) is 12.8. The molecule has 0 unspecified atom stereocenters. The van der Waals surface area contributed by atoms with Crippen molar-refractivity contribution >= 4 is 5.69 Å². The molecule has 4 heteroatoms. The summed E-state index contributed by atoms with van der Waals surface area (Å²) >= 11 is 0. The third-order valence-electron chi connectivity index (χ3n) is 3.76. The van der Waals surface area contributed by atoms with Crippen molar-refractivity contribution in [3.8, 4) is 11.5 Å². The summed E-state index contributed by atoms with van der Waals surface area (Å²) in [5.74, 6) is 0.406. The third-order valence-corrected chi connectivity index (χ3v) is 3.76. The van der Waals surface area contributed by atoms with E-state index in [2.05, 4.69) is 41.9 Å². The minimum atomic E-state index is 0.185. The van der Waals surface area contributed by atoms with E-state index in [4.69, 9.17) is 0 Å². The Kier molecular flexibility index (Phi) is 5.14. The van der Waals surface area contributed by atoms with Crippen LogP contribution in [0, 0.1) is 0 Å². The van der Waals surface area contributed by atoms with Gasteiger partial charge in [-0.15, -0.1) is 0 Å². The van der Waals surface area contributed by atoms with Gasteiger partial charge < -0.3 is 20.0 Å². The molecule has 1 fully saturated rings. The van der Waals surface area contributed by atoms with Crippen molar-refractivity contribution in [1.82, 2.24) is 4.90 Å². The lowest BCUT2D eigenvalue weighted by Gasteiger charge is -2.38. The van der Waals surface area contributed by atoms with E-state index < -0.39 is 0 Å². The smallest absolute Gasteiger partial charge is 0.139 e. The lowest BCUT2D eigenvalue weighted by molar-refractivity contribution is 0.328. The molecule has 114 valence electrons. The maximum atomic E-state index is 9.94. The molecular formula is C17H24N2O2. The van der Waals surface area contributed by atoms with Gasteiger partial charge in [0.05, 0.1) is 5.69 Å². The predicted octanol–water partition coefficient (Wildman–Crippen LogP) is 3.09. The summed E-state index contributed by atoms with van der Waals surface area (Å²) in [7, 11) is 0. The van der Waals surface area contributed by atoms with Crippen molar-refractivity contribution in [2.45, 2.75) is 20.3 Å². The van der Waals surface area contributed by atoms with Crippen LogP contribution in [0.5, 0.6) is 11.5 Å². The highest BCUT2D eigenvalue weighted by Gasteiger charge is 2.20. The third kappa shape index (κ3) is 3.72. The fourth-order valence-corrected chi connectivity index (χ4v) is 2.59. The highest BCUT2D eigenvalue weighted by Crippen LogP contribution is 2.31. The van der Waals surface area contributed by atoms with E-state index in [-0.39, 0.29) is 11.5 Å². The second-order valence-corrected chi connectivity index (χ2v) is 5.17. The molecule has 0 atom stereocenters. The summed E-state index contributed by atoms with van der Waals surface area (Å²) in [4.78, 5) is 4.46. The Balaban J connectivity index is 2.03. The van der Waals surface area contributed by atoms with Crippen molar-refractivity contribution in [2.24, 2.45) is 0 Å². The van der Waals surface area contributed by atoms with Crippen LogP contribution in [0.1, 0.15) is 20.3 Å². The number of piperazine rings is 1. The predicted molar refractivity (Wildman–Crippen MR) is 86.7 cm³/mol. The number of phenolic OH excluding ortho intramolecular Hbond substituents is 2. The second kappa shape index (κ2) is 7.07. The molecule has 2 rings (SSSR count). The average molecular weight is 288 g/mol. The molecule has 0 saturated carbocycles. The number of rotatable bonds is 4. The molecule has 0 amide bonds. The highest BCUT2D eigenvalue weighted by molar-refractivity contribution is 5.61. The molecule has 0 spiro atoms. The van der Waals surface area contributed by atoms with Crippen LogP contribution in [0.4, 0.5) is 5.69 Å². The minimum absolute atomic E-state index is 0.185. The standard InChI is InChI=1S/C17H24N2O2/c1-3-5-6-14(4-2)18-9-11-19(12-10-18)16-13-15(20)7-8-17(16)21/h4-8,13,20-21H,3,9-12H2,1-2H3/b6-5-,14-4+. The first-order valence-electron chi connectivity index (χ1n) is 7.50. The molecule has 1 aromatic rings. The molecule has 1 heterocycles. The summed E-state index contributed by atoms with van der Waals surface area (Å²) in [6.45, 7) is 7.66. The Morgan fingerprint density at radius 1 is 1.19 bits per heavy atom. The average Bonchev–Trinajstić information content (AvgIpc) is 2.51. The van der Waals surface area contributed by atoms with E-state index in [9.17, 15) is 10.2 Å². The van der Waals surface area contributed by atoms with Gasteiger partial charge in [-0.2, -0.15) is 0 Å². The van der Waals surface area contributed by atoms with Gasteiger partial charge in [0.2, 0.25) is 0 Å². The van der Waals surface area contributed by atoms with Crippen molar-refractivity contribution in [1.29, 1.82) is 0 Å². The van der Waals surface area contributed by atoms with Gasteiger partial charge in [0.15, 0.2) is 0 Å². The maximum absolute atomic E-state index is 9.94. The topological polar surface area (TPSA) is 46.9 Å². The number of benzene rings is 1. The Morgan fingerprint density at radius 3 is 2.52 bits per heavy atom. The fraction of sp³-hybridized carbons (Fsp3) is 0.412. The van der Waals surface area contributed by atoms with Gasteiger partial charge in [-0.3, -0.25) is 0 Å². The molecule has 1 aliphatic heterocycles. The number of phenols is 2. The van der Waals surface area contributed by atoms with Crippen LogP contribution in [0.2, 0.25) is 0 Å². The molecule has 0 radical (unpaired) electrons. The Bertz CT molecular complexity index is 530. The molecule has 1 saturated heterocycles. The van der Waals surface area contributed by atoms with Crippen LogP contribution in [0.15, 0.2) is 42.1 Å². The van der Waals surface area contributed by atoms with E-state index in [0.29, 0.717) is 5.69 Å². The quantitative estimate of drug-likeness (QED) is 0.660. The van der Waals surface area contributed by atoms with E-state index in [0.717, 1.165) is 32.6 Å². The monoisotopic (exact) mass is 288 g/mol. The second-order valence-electron chi connectivity index (χ2n) is 5.17. The SMILES string of the molecule is C/C=C(\C=C/CC)N1CCN(c2cc(O)ccc2O)CC1. The van der Waals surface area contributed by atoms with Gasteiger partial charge in [0.25, 0.3) is 0 Å². The Hall–Kier alpha value is -2.10. The van der Waals surface area contributed by atoms with Gasteiger partial charge in [0.1, 0.15) is 11.5 Å². The Morgan fingerprint density at radius 2 is 1.90 bits per heavy atom. The molecular weight excluding hydrogens is 264 g/mol. The molecule has 0 aromatic heterocycles. The fourth-order valence-electron chi connectivity index (χ4n) is 2.59. The summed E-state index contributed by atoms with van der Waals surface area (Å²) in [6, 6.07) is 4.67. The van der Waals surface area contributed by atoms with Gasteiger partial charge >= 0.3 is 0 Å². The van der Waals surface area contributed by atoms with E-state index in [1.54, 1.807) is 12.1 Å². The molecule has 1 aromatic carbocycles. The number of anilines is 1. The summed E-state index contributed by atoms with van der Waals surface area (Å²) in [5, 5.41) is 19.5. The normalized spacial score (nSPS) is 16.8. The molecule has 0 aliphatic carbocycles. The van der Waals surface area contributed by atoms with Crippen molar-refractivity contribution < 1.29 is 10.2 Å². The summed E-state index contributed by atoms with van der Waals surface area (Å²) in [6.07, 6.45) is 7.51. The highest BCUT2D eigenvalue weighted by atomic mass is 16.3. The first-order valence-corrected chi connectivity index (χ1v) is 7.50. The first-order chi connectivity index (χ1) is 10.2. The number of aromatic hydroxyl groups is 2. The first kappa shape index (κ1) is 15.3. The van der Waals surface area contributed by atoms with Crippen LogP contribution in [-0.2, 0) is 0 Å². The van der Waals surface area contributed by atoms with Crippen molar-refractivity contribution in [2.75, 3.05) is 31.1 Å². The number of allylic oxidation sites excluding steroid dienone is 3. The van der Waals surface area contributed by atoms with Crippen LogP contribution in [0.25, 0.3) is 0 Å². The zero-order chi connectivity index (χ0) is 15.2. The lowest BCUT2D eigenvalue weighted by atomic mass is 10.2. The molecule has 4 nitrogen and oxygen atoms in total. The number of nitrogens with zero attached hydrogens (tertiary/aromatic N) is 2. The molecule has 2 N–H and O–H groups in total. The summed E-state index contributed by atoms with van der Waals surface area (Å²) < 4.78 is 0. The van der Waals surface area contributed by atoms with Gasteiger partial charge in [0, 0.05) is 37.9 Å². The Labute approximate surface area is 126 Å².